The second-order valence-electron chi connectivity index (χ2n) is 8.09. The van der Waals surface area contributed by atoms with Gasteiger partial charge in [0.25, 0.3) is 0 Å². The molecular weight excluding hydrogens is 376 g/mol. The van der Waals surface area contributed by atoms with Gasteiger partial charge in [-0.25, -0.2) is 8.42 Å². The van der Waals surface area contributed by atoms with Crippen molar-refractivity contribution in [2.24, 2.45) is 5.41 Å². The summed E-state index contributed by atoms with van der Waals surface area (Å²) in [6, 6.07) is 3.28. The van der Waals surface area contributed by atoms with Gasteiger partial charge in [0, 0.05) is 51.0 Å². The van der Waals surface area contributed by atoms with Crippen molar-refractivity contribution < 1.29 is 8.42 Å². The molecule has 0 N–H and O–H groups in total. The predicted octanol–water partition coefficient (Wildman–Crippen LogP) is 1.58. The Hall–Kier alpha value is -1.84. The predicted molar refractivity (Wildman–Crippen MR) is 105 cm³/mol. The van der Waals surface area contributed by atoms with Crippen molar-refractivity contribution in [2.75, 3.05) is 33.2 Å². The van der Waals surface area contributed by atoms with Crippen LogP contribution in [0.5, 0.6) is 0 Å². The molecule has 1 spiro atoms. The van der Waals surface area contributed by atoms with E-state index in [0.717, 1.165) is 44.7 Å². The summed E-state index contributed by atoms with van der Waals surface area (Å²) >= 11 is 0. The lowest BCUT2D eigenvalue weighted by atomic mass is 9.71. The zero-order chi connectivity index (χ0) is 19.8. The third kappa shape index (κ3) is 3.35. The number of aromatic nitrogens is 4. The zero-order valence-electron chi connectivity index (χ0n) is 16.5. The molecule has 8 nitrogen and oxygen atoms in total. The summed E-state index contributed by atoms with van der Waals surface area (Å²) in [5, 5.41) is 8.63. The molecule has 2 aromatic rings. The molecule has 0 saturated carbocycles. The van der Waals surface area contributed by atoms with Gasteiger partial charge in [0.1, 0.15) is 17.0 Å². The SMILES string of the molecule is CCCn1cnnc1C1CN(C)CC12CCN(S(=O)(=O)c1cccnc1)CC2. The third-order valence-electron chi connectivity index (χ3n) is 6.23. The second-order valence-corrected chi connectivity index (χ2v) is 10.0. The minimum atomic E-state index is -3.49. The maximum absolute atomic E-state index is 13.0. The molecule has 2 saturated heterocycles. The number of sulfonamides is 1. The van der Waals surface area contributed by atoms with Crippen LogP contribution in [0.2, 0.25) is 0 Å². The molecule has 0 radical (unpaired) electrons. The van der Waals surface area contributed by atoms with Gasteiger partial charge >= 0.3 is 0 Å². The van der Waals surface area contributed by atoms with E-state index in [-0.39, 0.29) is 16.2 Å². The lowest BCUT2D eigenvalue weighted by Crippen LogP contribution is -2.46. The Bertz CT molecular complexity index is 906. The first-order chi connectivity index (χ1) is 13.5. The fraction of sp³-hybridized carbons (Fsp3) is 0.632. The Morgan fingerprint density at radius 2 is 2.07 bits per heavy atom. The fourth-order valence-electron chi connectivity index (χ4n) is 4.85. The largest absolute Gasteiger partial charge is 0.317 e. The van der Waals surface area contributed by atoms with E-state index in [1.54, 1.807) is 22.6 Å². The summed E-state index contributed by atoms with van der Waals surface area (Å²) in [4.78, 5) is 6.59. The van der Waals surface area contributed by atoms with Gasteiger partial charge in [0.15, 0.2) is 0 Å². The van der Waals surface area contributed by atoms with Crippen LogP contribution in [0.15, 0.2) is 35.7 Å². The molecule has 0 bridgehead atoms. The van der Waals surface area contributed by atoms with Crippen LogP contribution in [0.4, 0.5) is 0 Å². The van der Waals surface area contributed by atoms with Crippen molar-refractivity contribution >= 4 is 10.0 Å². The number of piperidine rings is 1. The average Bonchev–Trinajstić information content (AvgIpc) is 3.27. The fourth-order valence-corrected chi connectivity index (χ4v) is 6.25. The summed E-state index contributed by atoms with van der Waals surface area (Å²) in [6.07, 6.45) is 7.56. The summed E-state index contributed by atoms with van der Waals surface area (Å²) in [7, 11) is -1.35. The summed E-state index contributed by atoms with van der Waals surface area (Å²) in [5.41, 5.74) is 0.0498. The molecule has 0 aromatic carbocycles. The molecule has 2 fully saturated rings. The molecule has 0 amide bonds. The lowest BCUT2D eigenvalue weighted by Gasteiger charge is -2.41. The van der Waals surface area contributed by atoms with Gasteiger partial charge in [-0.1, -0.05) is 6.92 Å². The first kappa shape index (κ1) is 19.5. The van der Waals surface area contributed by atoms with Crippen LogP contribution in [-0.2, 0) is 16.6 Å². The lowest BCUT2D eigenvalue weighted by molar-refractivity contribution is 0.140. The third-order valence-corrected chi connectivity index (χ3v) is 8.11. The van der Waals surface area contributed by atoms with Crippen molar-refractivity contribution in [3.63, 3.8) is 0 Å². The van der Waals surface area contributed by atoms with Gasteiger partial charge in [0.2, 0.25) is 10.0 Å². The van der Waals surface area contributed by atoms with Gasteiger partial charge < -0.3 is 9.47 Å². The molecule has 4 rings (SSSR count). The molecule has 152 valence electrons. The zero-order valence-corrected chi connectivity index (χ0v) is 17.3. The van der Waals surface area contributed by atoms with Gasteiger partial charge in [-0.15, -0.1) is 10.2 Å². The van der Waals surface area contributed by atoms with Crippen LogP contribution in [0.3, 0.4) is 0 Å². The Kier molecular flexibility index (Phi) is 5.24. The molecule has 1 atom stereocenters. The highest BCUT2D eigenvalue weighted by Crippen LogP contribution is 2.49. The standard InChI is InChI=1S/C19H28N6O2S/c1-3-9-24-15-21-22-18(24)17-13-23(2)14-19(17)6-10-25(11-7-19)28(26,27)16-5-4-8-20-12-16/h4-5,8,12,15,17H,3,6-7,9-11,13-14H2,1-2H3. The van der Waals surface area contributed by atoms with Gasteiger partial charge in [-0.05, 0) is 43.9 Å². The quantitative estimate of drug-likeness (QED) is 0.752. The molecule has 2 aliphatic rings. The van der Waals surface area contributed by atoms with Crippen LogP contribution >= 0.6 is 0 Å². The van der Waals surface area contributed by atoms with Crippen LogP contribution < -0.4 is 0 Å². The highest BCUT2D eigenvalue weighted by Gasteiger charge is 2.50. The average molecular weight is 405 g/mol. The number of hydrogen-bond acceptors (Lipinski definition) is 6. The van der Waals surface area contributed by atoms with Crippen molar-refractivity contribution in [2.45, 2.75) is 43.5 Å². The van der Waals surface area contributed by atoms with E-state index in [0.29, 0.717) is 13.1 Å². The van der Waals surface area contributed by atoms with Crippen LogP contribution in [0.1, 0.15) is 37.9 Å². The monoisotopic (exact) mass is 404 g/mol. The molecule has 28 heavy (non-hydrogen) atoms. The Balaban J connectivity index is 1.56. The van der Waals surface area contributed by atoms with E-state index >= 15 is 0 Å². The topological polar surface area (TPSA) is 84.2 Å². The number of rotatable bonds is 5. The maximum Gasteiger partial charge on any atom is 0.244 e. The number of nitrogens with zero attached hydrogens (tertiary/aromatic N) is 6. The molecule has 0 aliphatic carbocycles. The van der Waals surface area contributed by atoms with E-state index in [1.807, 2.05) is 6.33 Å². The molecule has 4 heterocycles. The van der Waals surface area contributed by atoms with E-state index < -0.39 is 10.0 Å². The molecule has 1 unspecified atom stereocenters. The summed E-state index contributed by atoms with van der Waals surface area (Å²) in [6.45, 7) is 6.05. The highest BCUT2D eigenvalue weighted by atomic mass is 32.2. The van der Waals surface area contributed by atoms with Crippen LogP contribution in [-0.4, -0.2) is 70.6 Å². The molecule has 9 heteroatoms. The first-order valence-electron chi connectivity index (χ1n) is 9.93. The molecule has 2 aromatic heterocycles. The number of likely N-dealkylation sites (N-methyl/N-ethyl adjacent to an activating group) is 1. The van der Waals surface area contributed by atoms with E-state index in [4.69, 9.17) is 0 Å². The number of pyridine rings is 1. The maximum atomic E-state index is 13.0. The van der Waals surface area contributed by atoms with Gasteiger partial charge in [-0.2, -0.15) is 4.31 Å². The minimum absolute atomic E-state index is 0.0498. The van der Waals surface area contributed by atoms with E-state index in [9.17, 15) is 8.42 Å². The van der Waals surface area contributed by atoms with E-state index in [1.165, 1.54) is 6.20 Å². The Morgan fingerprint density at radius 1 is 1.29 bits per heavy atom. The van der Waals surface area contributed by atoms with Crippen molar-refractivity contribution in [3.8, 4) is 0 Å². The van der Waals surface area contributed by atoms with Gasteiger partial charge in [-0.3, -0.25) is 4.98 Å². The Morgan fingerprint density at radius 3 is 2.75 bits per heavy atom. The van der Waals surface area contributed by atoms with Crippen LogP contribution in [0.25, 0.3) is 0 Å². The number of aryl methyl sites for hydroxylation is 1. The number of hydrogen-bond donors (Lipinski definition) is 0. The smallest absolute Gasteiger partial charge is 0.244 e. The highest BCUT2D eigenvalue weighted by molar-refractivity contribution is 7.89. The van der Waals surface area contributed by atoms with Crippen LogP contribution in [0, 0.1) is 5.41 Å². The van der Waals surface area contributed by atoms with Crippen molar-refractivity contribution in [1.82, 2.24) is 29.0 Å². The summed E-state index contributed by atoms with van der Waals surface area (Å²) < 4.78 is 29.7. The normalized spacial score (nSPS) is 23.4. The first-order valence-corrected chi connectivity index (χ1v) is 11.4. The molecule has 2 aliphatic heterocycles. The second kappa shape index (κ2) is 7.53. The summed E-state index contributed by atoms with van der Waals surface area (Å²) in [5.74, 6) is 1.34. The van der Waals surface area contributed by atoms with Crippen molar-refractivity contribution in [3.05, 3.63) is 36.7 Å². The van der Waals surface area contributed by atoms with Crippen molar-refractivity contribution in [1.29, 1.82) is 0 Å². The minimum Gasteiger partial charge on any atom is -0.317 e. The molecular formula is C19H28N6O2S. The number of likely N-dealkylation sites (tertiary alicyclic amines) is 1. The Labute approximate surface area is 166 Å². The van der Waals surface area contributed by atoms with E-state index in [2.05, 4.69) is 38.6 Å². The van der Waals surface area contributed by atoms with Gasteiger partial charge in [0.05, 0.1) is 0 Å².